The molecule has 136 valence electrons. The van der Waals surface area contributed by atoms with Crippen LogP contribution in [0.4, 0.5) is 5.69 Å². The minimum atomic E-state index is 0.254. The minimum absolute atomic E-state index is 0.254. The first-order valence-corrected chi connectivity index (χ1v) is 9.09. The van der Waals surface area contributed by atoms with E-state index in [0.717, 1.165) is 35.5 Å². The highest BCUT2D eigenvalue weighted by atomic mass is 32.1. The zero-order valence-corrected chi connectivity index (χ0v) is 15.6. The van der Waals surface area contributed by atoms with Crippen LogP contribution >= 0.6 is 12.2 Å². The molecule has 0 unspecified atom stereocenters. The summed E-state index contributed by atoms with van der Waals surface area (Å²) in [5.74, 6) is 1.04. The SMILES string of the molecule is COc1cccc(NC(=S)NCc2ccc(CN3CCCC3=O)cc2)c1. The zero-order chi connectivity index (χ0) is 18.4. The highest BCUT2D eigenvalue weighted by Gasteiger charge is 2.19. The van der Waals surface area contributed by atoms with Crippen LogP contribution in [0.1, 0.15) is 24.0 Å². The summed E-state index contributed by atoms with van der Waals surface area (Å²) >= 11 is 5.34. The van der Waals surface area contributed by atoms with Gasteiger partial charge in [-0.2, -0.15) is 0 Å². The lowest BCUT2D eigenvalue weighted by Crippen LogP contribution is -2.27. The first kappa shape index (κ1) is 18.2. The lowest BCUT2D eigenvalue weighted by atomic mass is 10.1. The standard InChI is InChI=1S/C20H23N3O2S/c1-25-18-5-2-4-17(12-18)22-20(26)21-13-15-7-9-16(10-8-15)14-23-11-3-6-19(23)24/h2,4-5,7-10,12H,3,6,11,13-14H2,1H3,(H2,21,22,26). The fourth-order valence-electron chi connectivity index (χ4n) is 2.91. The number of ether oxygens (including phenoxy) is 1. The van der Waals surface area contributed by atoms with Gasteiger partial charge in [-0.15, -0.1) is 0 Å². The predicted octanol–water partition coefficient (Wildman–Crippen LogP) is 3.30. The number of nitrogens with zero attached hydrogens (tertiary/aromatic N) is 1. The van der Waals surface area contributed by atoms with E-state index in [-0.39, 0.29) is 5.91 Å². The Morgan fingerprint density at radius 3 is 2.65 bits per heavy atom. The normalized spacial score (nSPS) is 13.6. The van der Waals surface area contributed by atoms with E-state index in [0.29, 0.717) is 24.6 Å². The van der Waals surface area contributed by atoms with E-state index in [1.807, 2.05) is 29.2 Å². The van der Waals surface area contributed by atoms with E-state index in [1.165, 1.54) is 0 Å². The summed E-state index contributed by atoms with van der Waals surface area (Å²) in [6.07, 6.45) is 1.65. The van der Waals surface area contributed by atoms with E-state index < -0.39 is 0 Å². The van der Waals surface area contributed by atoms with Crippen molar-refractivity contribution in [3.8, 4) is 5.75 Å². The highest BCUT2D eigenvalue weighted by molar-refractivity contribution is 7.80. The second-order valence-electron chi connectivity index (χ2n) is 6.27. The van der Waals surface area contributed by atoms with Crippen molar-refractivity contribution in [1.82, 2.24) is 10.2 Å². The summed E-state index contributed by atoms with van der Waals surface area (Å²) in [5.41, 5.74) is 3.17. The summed E-state index contributed by atoms with van der Waals surface area (Å²) in [6, 6.07) is 15.9. The van der Waals surface area contributed by atoms with Crippen molar-refractivity contribution in [3.05, 3.63) is 59.7 Å². The van der Waals surface area contributed by atoms with E-state index >= 15 is 0 Å². The molecule has 0 aliphatic carbocycles. The number of carbonyl (C=O) groups excluding carboxylic acids is 1. The van der Waals surface area contributed by atoms with E-state index in [2.05, 4.69) is 34.9 Å². The van der Waals surface area contributed by atoms with Crippen LogP contribution in [-0.4, -0.2) is 29.6 Å². The Hall–Kier alpha value is -2.60. The lowest BCUT2D eigenvalue weighted by molar-refractivity contribution is -0.128. The average Bonchev–Trinajstić information content (AvgIpc) is 3.06. The first-order valence-electron chi connectivity index (χ1n) is 8.68. The molecule has 2 aromatic carbocycles. The molecular formula is C20H23N3O2S. The summed E-state index contributed by atoms with van der Waals surface area (Å²) < 4.78 is 5.20. The van der Waals surface area contributed by atoms with Gasteiger partial charge in [0.25, 0.3) is 0 Å². The molecule has 0 radical (unpaired) electrons. The van der Waals surface area contributed by atoms with Gasteiger partial charge < -0.3 is 20.3 Å². The highest BCUT2D eigenvalue weighted by Crippen LogP contribution is 2.17. The van der Waals surface area contributed by atoms with Crippen LogP contribution in [0.2, 0.25) is 0 Å². The fraction of sp³-hybridized carbons (Fsp3) is 0.300. The fourth-order valence-corrected chi connectivity index (χ4v) is 3.10. The van der Waals surface area contributed by atoms with Crippen LogP contribution < -0.4 is 15.4 Å². The number of benzene rings is 2. The van der Waals surface area contributed by atoms with Gasteiger partial charge in [0.05, 0.1) is 7.11 Å². The molecule has 0 bridgehead atoms. The molecule has 1 aliphatic rings. The number of carbonyl (C=O) groups is 1. The van der Waals surface area contributed by atoms with Crippen molar-refractivity contribution in [2.75, 3.05) is 19.0 Å². The molecule has 2 N–H and O–H groups in total. The van der Waals surface area contributed by atoms with E-state index in [1.54, 1.807) is 7.11 Å². The molecule has 26 heavy (non-hydrogen) atoms. The van der Waals surface area contributed by atoms with Crippen molar-refractivity contribution in [2.24, 2.45) is 0 Å². The third kappa shape index (κ3) is 4.95. The van der Waals surface area contributed by atoms with Crippen LogP contribution in [0, 0.1) is 0 Å². The summed E-state index contributed by atoms with van der Waals surface area (Å²) in [6.45, 7) is 2.20. The van der Waals surface area contributed by atoms with Gasteiger partial charge in [-0.1, -0.05) is 30.3 Å². The van der Waals surface area contributed by atoms with Crippen LogP contribution in [0.5, 0.6) is 5.75 Å². The second-order valence-corrected chi connectivity index (χ2v) is 6.68. The van der Waals surface area contributed by atoms with Crippen molar-refractivity contribution in [2.45, 2.75) is 25.9 Å². The Kier molecular flexibility index (Phi) is 6.07. The number of anilines is 1. The number of methoxy groups -OCH3 is 1. The zero-order valence-electron chi connectivity index (χ0n) is 14.8. The monoisotopic (exact) mass is 369 g/mol. The number of hydrogen-bond acceptors (Lipinski definition) is 3. The molecule has 0 saturated carbocycles. The topological polar surface area (TPSA) is 53.6 Å². The molecule has 6 heteroatoms. The van der Waals surface area contributed by atoms with E-state index in [9.17, 15) is 4.79 Å². The number of thiocarbonyl (C=S) groups is 1. The predicted molar refractivity (Wildman–Crippen MR) is 107 cm³/mol. The lowest BCUT2D eigenvalue weighted by Gasteiger charge is -2.16. The van der Waals surface area contributed by atoms with Gasteiger partial charge in [0.2, 0.25) is 5.91 Å². The number of amides is 1. The van der Waals surface area contributed by atoms with Crippen molar-refractivity contribution < 1.29 is 9.53 Å². The molecule has 1 amide bonds. The summed E-state index contributed by atoms with van der Waals surface area (Å²) in [7, 11) is 1.64. The van der Waals surface area contributed by atoms with Gasteiger partial charge in [0, 0.05) is 37.8 Å². The number of likely N-dealkylation sites (tertiary alicyclic amines) is 1. The molecular weight excluding hydrogens is 346 g/mol. The van der Waals surface area contributed by atoms with Gasteiger partial charge in [-0.3, -0.25) is 4.79 Å². The number of hydrogen-bond donors (Lipinski definition) is 2. The Morgan fingerprint density at radius 2 is 1.96 bits per heavy atom. The maximum atomic E-state index is 11.7. The molecule has 1 saturated heterocycles. The van der Waals surface area contributed by atoms with Crippen LogP contribution in [0.25, 0.3) is 0 Å². The number of rotatable bonds is 6. The summed E-state index contributed by atoms with van der Waals surface area (Å²) in [5, 5.41) is 6.91. The van der Waals surface area contributed by atoms with Gasteiger partial charge >= 0.3 is 0 Å². The first-order chi connectivity index (χ1) is 12.6. The average molecular weight is 369 g/mol. The largest absolute Gasteiger partial charge is 0.497 e. The van der Waals surface area contributed by atoms with Crippen molar-refractivity contribution >= 4 is 28.9 Å². The van der Waals surface area contributed by atoms with Crippen LogP contribution in [0.3, 0.4) is 0 Å². The third-order valence-electron chi connectivity index (χ3n) is 4.35. The van der Waals surface area contributed by atoms with Gasteiger partial charge in [-0.05, 0) is 41.9 Å². The molecule has 0 atom stereocenters. The maximum absolute atomic E-state index is 11.7. The quantitative estimate of drug-likeness (QED) is 0.765. The van der Waals surface area contributed by atoms with Gasteiger partial charge in [0.15, 0.2) is 5.11 Å². The summed E-state index contributed by atoms with van der Waals surface area (Å²) in [4.78, 5) is 13.6. The Balaban J connectivity index is 1.48. The van der Waals surface area contributed by atoms with Crippen molar-refractivity contribution in [1.29, 1.82) is 0 Å². The molecule has 0 aromatic heterocycles. The Labute approximate surface area is 159 Å². The smallest absolute Gasteiger partial charge is 0.222 e. The van der Waals surface area contributed by atoms with Crippen molar-refractivity contribution in [3.63, 3.8) is 0 Å². The minimum Gasteiger partial charge on any atom is -0.497 e. The molecule has 0 spiro atoms. The second kappa shape index (κ2) is 8.67. The van der Waals surface area contributed by atoms with E-state index in [4.69, 9.17) is 17.0 Å². The Bertz CT molecular complexity index is 777. The van der Waals surface area contributed by atoms with Gasteiger partial charge in [0.1, 0.15) is 5.75 Å². The number of nitrogens with one attached hydrogen (secondary N) is 2. The molecule has 1 aliphatic heterocycles. The molecule has 5 nitrogen and oxygen atoms in total. The molecule has 1 fully saturated rings. The Morgan fingerprint density at radius 1 is 1.19 bits per heavy atom. The maximum Gasteiger partial charge on any atom is 0.222 e. The van der Waals surface area contributed by atoms with Crippen LogP contribution in [-0.2, 0) is 17.9 Å². The van der Waals surface area contributed by atoms with Gasteiger partial charge in [-0.25, -0.2) is 0 Å². The molecule has 1 heterocycles. The molecule has 2 aromatic rings. The molecule has 3 rings (SSSR count). The third-order valence-corrected chi connectivity index (χ3v) is 4.59. The van der Waals surface area contributed by atoms with Crippen LogP contribution in [0.15, 0.2) is 48.5 Å².